The van der Waals surface area contributed by atoms with Gasteiger partial charge in [0.15, 0.2) is 5.69 Å². The summed E-state index contributed by atoms with van der Waals surface area (Å²) in [4.78, 5) is 24.3. The van der Waals surface area contributed by atoms with Crippen molar-refractivity contribution in [2.75, 3.05) is 6.61 Å². The van der Waals surface area contributed by atoms with Crippen molar-refractivity contribution < 1.29 is 28.9 Å². The number of amides is 1. The molecule has 1 aromatic heterocycles. The second-order valence-corrected chi connectivity index (χ2v) is 9.04. The third-order valence-corrected chi connectivity index (χ3v) is 6.18. The van der Waals surface area contributed by atoms with Gasteiger partial charge in [0.1, 0.15) is 18.1 Å². The number of carboxylic acids is 1. The van der Waals surface area contributed by atoms with E-state index in [0.29, 0.717) is 12.8 Å². The molecule has 1 aliphatic rings. The third kappa shape index (κ3) is 5.27. The first-order valence-corrected chi connectivity index (χ1v) is 10.8. The number of benzene rings is 1. The molecule has 9 heteroatoms. The first kappa shape index (κ1) is 23.7. The summed E-state index contributed by atoms with van der Waals surface area (Å²) in [5.41, 5.74) is -1.91. The maximum absolute atomic E-state index is 14.5. The molecule has 3 N–H and O–H groups in total. The molecule has 32 heavy (non-hydrogen) atoms. The number of carbonyl (C=O) groups is 2. The number of nitrogens with one attached hydrogen (secondary N) is 1. The lowest BCUT2D eigenvalue weighted by molar-refractivity contribution is -0.138. The number of aromatic nitrogens is 2. The number of ether oxygens (including phenoxy) is 1. The molecule has 1 fully saturated rings. The van der Waals surface area contributed by atoms with E-state index in [1.807, 2.05) is 13.8 Å². The van der Waals surface area contributed by atoms with Crippen LogP contribution in [0.4, 0.5) is 4.39 Å². The van der Waals surface area contributed by atoms with Crippen LogP contribution in [0.5, 0.6) is 5.88 Å². The molecule has 174 valence electrons. The second-order valence-electron chi connectivity index (χ2n) is 9.04. The Morgan fingerprint density at radius 3 is 2.56 bits per heavy atom. The molecular formula is C23H30FN3O5. The number of nitrogens with zero attached hydrogens (tertiary/aromatic N) is 2. The van der Waals surface area contributed by atoms with Crippen LogP contribution in [0.2, 0.25) is 0 Å². The van der Waals surface area contributed by atoms with Crippen LogP contribution >= 0.6 is 0 Å². The number of carbonyl (C=O) groups excluding carboxylic acids is 1. The number of hydrogen-bond donors (Lipinski definition) is 3. The van der Waals surface area contributed by atoms with Gasteiger partial charge >= 0.3 is 5.97 Å². The van der Waals surface area contributed by atoms with Gasteiger partial charge in [0.25, 0.3) is 5.91 Å². The summed E-state index contributed by atoms with van der Waals surface area (Å²) in [5, 5.41) is 26.9. The van der Waals surface area contributed by atoms with E-state index in [1.165, 1.54) is 28.9 Å². The summed E-state index contributed by atoms with van der Waals surface area (Å²) in [6.07, 6.45) is 2.62. The lowest BCUT2D eigenvalue weighted by Gasteiger charge is -2.28. The SMILES string of the molecule is CC(C)[C@@](C)(O)COc1cc(C(=O)NC2(CC(=O)O)CCCC2)nn1-c1ccccc1F. The van der Waals surface area contributed by atoms with Crippen molar-refractivity contribution >= 4 is 11.9 Å². The molecule has 1 aromatic carbocycles. The van der Waals surface area contributed by atoms with E-state index in [2.05, 4.69) is 10.4 Å². The maximum Gasteiger partial charge on any atom is 0.305 e. The number of carboxylic acid groups (broad SMARTS) is 1. The molecule has 1 amide bonds. The van der Waals surface area contributed by atoms with Crippen molar-refractivity contribution in [3.63, 3.8) is 0 Å². The highest BCUT2D eigenvalue weighted by Gasteiger charge is 2.38. The van der Waals surface area contributed by atoms with Crippen molar-refractivity contribution in [3.05, 3.63) is 41.8 Å². The Morgan fingerprint density at radius 1 is 1.31 bits per heavy atom. The number of halogens is 1. The predicted molar refractivity (Wildman–Crippen MR) is 115 cm³/mol. The van der Waals surface area contributed by atoms with Gasteiger partial charge in [-0.1, -0.05) is 38.8 Å². The van der Waals surface area contributed by atoms with Crippen LogP contribution in [0.3, 0.4) is 0 Å². The van der Waals surface area contributed by atoms with Crippen molar-refractivity contribution in [1.29, 1.82) is 0 Å². The van der Waals surface area contributed by atoms with Crippen molar-refractivity contribution in [2.45, 2.75) is 64.0 Å². The van der Waals surface area contributed by atoms with E-state index in [9.17, 15) is 24.2 Å². The number of rotatable bonds is 9. The second kappa shape index (κ2) is 9.28. The molecule has 0 radical (unpaired) electrons. The number of para-hydroxylation sites is 1. The first-order valence-electron chi connectivity index (χ1n) is 10.8. The molecule has 3 rings (SSSR count). The van der Waals surface area contributed by atoms with Gasteiger partial charge < -0.3 is 20.3 Å². The lowest BCUT2D eigenvalue weighted by Crippen LogP contribution is -2.48. The van der Waals surface area contributed by atoms with Gasteiger partial charge in [0, 0.05) is 6.07 Å². The molecule has 8 nitrogen and oxygen atoms in total. The Morgan fingerprint density at radius 2 is 1.97 bits per heavy atom. The van der Waals surface area contributed by atoms with E-state index in [4.69, 9.17) is 4.74 Å². The highest BCUT2D eigenvalue weighted by molar-refractivity contribution is 5.93. The van der Waals surface area contributed by atoms with Crippen LogP contribution in [0, 0.1) is 11.7 Å². The summed E-state index contributed by atoms with van der Waals surface area (Å²) in [6, 6.07) is 7.32. The molecule has 1 atom stereocenters. The Bertz CT molecular complexity index is 980. The van der Waals surface area contributed by atoms with Gasteiger partial charge in [-0.2, -0.15) is 9.78 Å². The molecule has 1 aliphatic carbocycles. The standard InChI is InChI=1S/C23H30FN3O5/c1-15(2)22(3,31)14-32-19-12-17(26-27(19)18-9-5-4-8-16(18)24)21(30)25-23(13-20(28)29)10-6-7-11-23/h4-5,8-9,12,15,31H,6-7,10-11,13-14H2,1-3H3,(H,25,30)(H,28,29)/t22-/m0/s1. The summed E-state index contributed by atoms with van der Waals surface area (Å²) in [7, 11) is 0. The van der Waals surface area contributed by atoms with Crippen molar-refractivity contribution in [3.8, 4) is 11.6 Å². The van der Waals surface area contributed by atoms with Gasteiger partial charge in [0.2, 0.25) is 5.88 Å². The topological polar surface area (TPSA) is 114 Å². The minimum absolute atomic E-state index is 0.0240. The Balaban J connectivity index is 1.92. The molecule has 0 bridgehead atoms. The lowest BCUT2D eigenvalue weighted by atomic mass is 9.93. The monoisotopic (exact) mass is 447 g/mol. The normalized spacial score (nSPS) is 17.2. The van der Waals surface area contributed by atoms with Crippen LogP contribution in [0.15, 0.2) is 30.3 Å². The van der Waals surface area contributed by atoms with Crippen LogP contribution < -0.4 is 10.1 Å². The maximum atomic E-state index is 14.5. The Labute approximate surface area is 186 Å². The van der Waals surface area contributed by atoms with Crippen LogP contribution in [-0.4, -0.2) is 49.6 Å². The quantitative estimate of drug-likeness (QED) is 0.543. The molecule has 0 aliphatic heterocycles. The number of aliphatic hydroxyl groups is 1. The van der Waals surface area contributed by atoms with Gasteiger partial charge in [0.05, 0.1) is 17.6 Å². The molecule has 0 unspecified atom stereocenters. The number of aliphatic carboxylic acids is 1. The van der Waals surface area contributed by atoms with Crippen molar-refractivity contribution in [2.24, 2.45) is 5.92 Å². The summed E-state index contributed by atoms with van der Waals surface area (Å²) in [5.74, 6) is -2.10. The van der Waals surface area contributed by atoms with Gasteiger partial charge in [-0.15, -0.1) is 0 Å². The van der Waals surface area contributed by atoms with E-state index in [1.54, 1.807) is 13.0 Å². The van der Waals surface area contributed by atoms with E-state index < -0.39 is 28.8 Å². The zero-order valence-corrected chi connectivity index (χ0v) is 18.6. The van der Waals surface area contributed by atoms with Crippen LogP contribution in [-0.2, 0) is 4.79 Å². The highest BCUT2D eigenvalue weighted by atomic mass is 19.1. The average Bonchev–Trinajstić information content (AvgIpc) is 3.33. The summed E-state index contributed by atoms with van der Waals surface area (Å²) in [6.45, 7) is 5.24. The summed E-state index contributed by atoms with van der Waals surface area (Å²) >= 11 is 0. The fraction of sp³-hybridized carbons (Fsp3) is 0.522. The van der Waals surface area contributed by atoms with Gasteiger partial charge in [-0.05, 0) is 37.8 Å². The Kier molecular flexibility index (Phi) is 6.88. The fourth-order valence-corrected chi connectivity index (χ4v) is 3.75. The largest absolute Gasteiger partial charge is 0.481 e. The molecule has 1 heterocycles. The predicted octanol–water partition coefficient (Wildman–Crippen LogP) is 3.31. The van der Waals surface area contributed by atoms with E-state index >= 15 is 0 Å². The smallest absolute Gasteiger partial charge is 0.305 e. The molecule has 0 spiro atoms. The minimum Gasteiger partial charge on any atom is -0.481 e. The number of hydrogen-bond acceptors (Lipinski definition) is 5. The van der Waals surface area contributed by atoms with Crippen LogP contribution in [0.25, 0.3) is 5.69 Å². The van der Waals surface area contributed by atoms with E-state index in [-0.39, 0.29) is 36.2 Å². The minimum atomic E-state index is -1.15. The Hall–Kier alpha value is -2.94. The van der Waals surface area contributed by atoms with E-state index in [0.717, 1.165) is 12.8 Å². The fourth-order valence-electron chi connectivity index (χ4n) is 3.75. The molecule has 0 saturated heterocycles. The average molecular weight is 448 g/mol. The molecule has 1 saturated carbocycles. The zero-order valence-electron chi connectivity index (χ0n) is 18.6. The molecule has 2 aromatic rings. The van der Waals surface area contributed by atoms with Gasteiger partial charge in [-0.3, -0.25) is 9.59 Å². The molecular weight excluding hydrogens is 417 g/mol. The highest BCUT2D eigenvalue weighted by Crippen LogP contribution is 2.33. The summed E-state index contributed by atoms with van der Waals surface area (Å²) < 4.78 is 21.4. The van der Waals surface area contributed by atoms with Gasteiger partial charge in [-0.25, -0.2) is 4.39 Å². The zero-order chi connectivity index (χ0) is 23.5. The first-order chi connectivity index (χ1) is 15.0. The third-order valence-electron chi connectivity index (χ3n) is 6.18. The van der Waals surface area contributed by atoms with Crippen LogP contribution in [0.1, 0.15) is 63.4 Å². The van der Waals surface area contributed by atoms with Crippen molar-refractivity contribution in [1.82, 2.24) is 15.1 Å².